The maximum absolute atomic E-state index is 13.4. The summed E-state index contributed by atoms with van der Waals surface area (Å²) in [5.74, 6) is 0.0643. The number of hydrogen-bond acceptors (Lipinski definition) is 3. The van der Waals surface area contributed by atoms with Gasteiger partial charge in [0.1, 0.15) is 11.3 Å². The normalized spacial score (nSPS) is 14.9. The van der Waals surface area contributed by atoms with Gasteiger partial charge in [0.25, 0.3) is 5.91 Å². The van der Waals surface area contributed by atoms with Gasteiger partial charge < -0.3 is 4.90 Å². The van der Waals surface area contributed by atoms with Crippen molar-refractivity contribution >= 4 is 11.6 Å². The lowest BCUT2D eigenvalue weighted by Gasteiger charge is -2.39. The standard InChI is InChI=1S/C27H28N4O/c1-20-13-14-31-24(19-20)28-21(2)25(31)27(32)30-17-15-29(16-18-30)26(22-9-5-3-6-10-22)23-11-7-4-8-12-23/h3-14,19,26H,15-18H2,1-2H3. The molecule has 0 unspecified atom stereocenters. The van der Waals surface area contributed by atoms with Crippen LogP contribution in [-0.4, -0.2) is 51.3 Å². The van der Waals surface area contributed by atoms with Gasteiger partial charge in [-0.05, 0) is 42.7 Å². The highest BCUT2D eigenvalue weighted by atomic mass is 16.2. The van der Waals surface area contributed by atoms with E-state index in [0.29, 0.717) is 18.8 Å². The second kappa shape index (κ2) is 8.60. The van der Waals surface area contributed by atoms with Gasteiger partial charge in [0, 0.05) is 32.4 Å². The van der Waals surface area contributed by atoms with Gasteiger partial charge in [0.05, 0.1) is 11.7 Å². The van der Waals surface area contributed by atoms with Crippen molar-refractivity contribution in [2.24, 2.45) is 0 Å². The molecule has 3 heterocycles. The molecule has 2 aromatic carbocycles. The van der Waals surface area contributed by atoms with Crippen LogP contribution in [0.2, 0.25) is 0 Å². The number of aryl methyl sites for hydroxylation is 2. The molecule has 1 aliphatic rings. The lowest BCUT2D eigenvalue weighted by Crippen LogP contribution is -2.50. The molecule has 0 atom stereocenters. The molecule has 0 saturated carbocycles. The third-order valence-electron chi connectivity index (χ3n) is 6.36. The van der Waals surface area contributed by atoms with Crippen LogP contribution in [0.25, 0.3) is 5.65 Å². The lowest BCUT2D eigenvalue weighted by molar-refractivity contribution is 0.0590. The number of benzene rings is 2. The zero-order chi connectivity index (χ0) is 22.1. The van der Waals surface area contributed by atoms with Gasteiger partial charge in [0.15, 0.2) is 0 Å². The first-order valence-corrected chi connectivity index (χ1v) is 11.2. The third kappa shape index (κ3) is 3.80. The number of amides is 1. The minimum atomic E-state index is 0.0643. The van der Waals surface area contributed by atoms with Gasteiger partial charge >= 0.3 is 0 Å². The quantitative estimate of drug-likeness (QED) is 0.484. The second-order valence-electron chi connectivity index (χ2n) is 8.53. The van der Waals surface area contributed by atoms with Crippen LogP contribution in [-0.2, 0) is 0 Å². The van der Waals surface area contributed by atoms with Gasteiger partial charge in [-0.15, -0.1) is 0 Å². The smallest absolute Gasteiger partial charge is 0.272 e. The van der Waals surface area contributed by atoms with Crippen LogP contribution in [0.15, 0.2) is 79.0 Å². The Morgan fingerprint density at radius 2 is 1.44 bits per heavy atom. The van der Waals surface area contributed by atoms with Crippen LogP contribution in [0, 0.1) is 13.8 Å². The van der Waals surface area contributed by atoms with Crippen LogP contribution in [0.1, 0.15) is 38.9 Å². The van der Waals surface area contributed by atoms with Crippen molar-refractivity contribution in [2.75, 3.05) is 26.2 Å². The summed E-state index contributed by atoms with van der Waals surface area (Å²) in [5, 5.41) is 0. The van der Waals surface area contributed by atoms with Crippen molar-refractivity contribution in [3.8, 4) is 0 Å². The molecular formula is C27H28N4O. The van der Waals surface area contributed by atoms with Crippen LogP contribution < -0.4 is 0 Å². The van der Waals surface area contributed by atoms with Crippen molar-refractivity contribution in [3.63, 3.8) is 0 Å². The minimum absolute atomic E-state index is 0.0643. The molecule has 5 heteroatoms. The minimum Gasteiger partial charge on any atom is -0.335 e. The molecule has 2 aromatic heterocycles. The second-order valence-corrected chi connectivity index (χ2v) is 8.53. The molecule has 1 fully saturated rings. The van der Waals surface area contributed by atoms with E-state index in [9.17, 15) is 4.79 Å². The zero-order valence-electron chi connectivity index (χ0n) is 18.6. The van der Waals surface area contributed by atoms with Gasteiger partial charge in [-0.3, -0.25) is 14.1 Å². The predicted octanol–water partition coefficient (Wildman–Crippen LogP) is 4.50. The average Bonchev–Trinajstić information content (AvgIpc) is 3.15. The summed E-state index contributed by atoms with van der Waals surface area (Å²) in [7, 11) is 0. The highest BCUT2D eigenvalue weighted by molar-refractivity contribution is 5.94. The molecule has 0 bridgehead atoms. The van der Waals surface area contributed by atoms with Crippen LogP contribution in [0.3, 0.4) is 0 Å². The first-order valence-electron chi connectivity index (χ1n) is 11.2. The summed E-state index contributed by atoms with van der Waals surface area (Å²) in [5.41, 5.74) is 6.00. The summed E-state index contributed by atoms with van der Waals surface area (Å²) in [6.45, 7) is 7.03. The Morgan fingerprint density at radius 1 is 0.844 bits per heavy atom. The number of carbonyl (C=O) groups excluding carboxylic acids is 1. The number of rotatable bonds is 4. The molecule has 5 rings (SSSR count). The van der Waals surface area contributed by atoms with Crippen LogP contribution >= 0.6 is 0 Å². The fourth-order valence-electron chi connectivity index (χ4n) is 4.74. The molecule has 1 amide bonds. The summed E-state index contributed by atoms with van der Waals surface area (Å²) < 4.78 is 1.92. The van der Waals surface area contributed by atoms with E-state index < -0.39 is 0 Å². The molecule has 5 nitrogen and oxygen atoms in total. The Bertz CT molecular complexity index is 1190. The van der Waals surface area contributed by atoms with Gasteiger partial charge in [0.2, 0.25) is 0 Å². The van der Waals surface area contributed by atoms with Gasteiger partial charge in [-0.2, -0.15) is 0 Å². The number of fused-ring (bicyclic) bond motifs is 1. The number of aromatic nitrogens is 2. The Hall–Kier alpha value is -3.44. The monoisotopic (exact) mass is 424 g/mol. The molecule has 0 aliphatic carbocycles. The molecule has 1 saturated heterocycles. The summed E-state index contributed by atoms with van der Waals surface area (Å²) in [6, 6.07) is 25.5. The topological polar surface area (TPSA) is 40.9 Å². The number of carbonyl (C=O) groups is 1. The SMILES string of the molecule is Cc1ccn2c(C(=O)N3CCN(C(c4ccccc4)c4ccccc4)CC3)c(C)nc2c1. The number of pyridine rings is 1. The number of nitrogens with zero attached hydrogens (tertiary/aromatic N) is 4. The van der Waals surface area contributed by atoms with E-state index in [1.54, 1.807) is 0 Å². The molecule has 0 radical (unpaired) electrons. The van der Waals surface area contributed by atoms with E-state index in [1.807, 2.05) is 41.5 Å². The molecule has 4 aromatic rings. The number of hydrogen-bond donors (Lipinski definition) is 0. The number of piperazine rings is 1. The van der Waals surface area contributed by atoms with E-state index in [-0.39, 0.29) is 11.9 Å². The highest BCUT2D eigenvalue weighted by Crippen LogP contribution is 2.29. The maximum Gasteiger partial charge on any atom is 0.272 e. The molecular weight excluding hydrogens is 396 g/mol. The molecule has 32 heavy (non-hydrogen) atoms. The van der Waals surface area contributed by atoms with E-state index in [4.69, 9.17) is 0 Å². The molecule has 162 valence electrons. The fraction of sp³-hybridized carbons (Fsp3) is 0.259. The number of imidazole rings is 1. The van der Waals surface area contributed by atoms with Crippen molar-refractivity contribution in [1.29, 1.82) is 0 Å². The Kier molecular flexibility index (Phi) is 5.50. The Morgan fingerprint density at radius 3 is 2.03 bits per heavy atom. The maximum atomic E-state index is 13.4. The van der Waals surface area contributed by atoms with Crippen molar-refractivity contribution < 1.29 is 4.79 Å². The average molecular weight is 425 g/mol. The fourth-order valence-corrected chi connectivity index (χ4v) is 4.74. The zero-order valence-corrected chi connectivity index (χ0v) is 18.6. The third-order valence-corrected chi connectivity index (χ3v) is 6.36. The predicted molar refractivity (Wildman–Crippen MR) is 127 cm³/mol. The van der Waals surface area contributed by atoms with E-state index in [2.05, 4.69) is 70.5 Å². The largest absolute Gasteiger partial charge is 0.335 e. The van der Waals surface area contributed by atoms with Crippen LogP contribution in [0.5, 0.6) is 0 Å². The van der Waals surface area contributed by atoms with E-state index in [0.717, 1.165) is 30.0 Å². The van der Waals surface area contributed by atoms with Gasteiger partial charge in [-0.1, -0.05) is 60.7 Å². The van der Waals surface area contributed by atoms with Crippen LogP contribution in [0.4, 0.5) is 0 Å². The Balaban J connectivity index is 1.37. The summed E-state index contributed by atoms with van der Waals surface area (Å²) in [6.07, 6.45) is 1.95. The first kappa shape index (κ1) is 20.5. The lowest BCUT2D eigenvalue weighted by atomic mass is 9.96. The molecule has 0 spiro atoms. The highest BCUT2D eigenvalue weighted by Gasteiger charge is 2.30. The summed E-state index contributed by atoms with van der Waals surface area (Å²) >= 11 is 0. The molecule has 1 aliphatic heterocycles. The van der Waals surface area contributed by atoms with E-state index in [1.165, 1.54) is 11.1 Å². The van der Waals surface area contributed by atoms with Crippen molar-refractivity contribution in [2.45, 2.75) is 19.9 Å². The first-order chi connectivity index (χ1) is 15.6. The van der Waals surface area contributed by atoms with Crippen molar-refractivity contribution in [1.82, 2.24) is 19.2 Å². The summed E-state index contributed by atoms with van der Waals surface area (Å²) in [4.78, 5) is 22.5. The van der Waals surface area contributed by atoms with Gasteiger partial charge in [-0.25, -0.2) is 4.98 Å². The molecule has 0 N–H and O–H groups in total. The Labute approximate surface area is 188 Å². The van der Waals surface area contributed by atoms with Crippen molar-refractivity contribution in [3.05, 3.63) is 107 Å². The van der Waals surface area contributed by atoms with E-state index >= 15 is 0 Å².